The predicted molar refractivity (Wildman–Crippen MR) is 47.0 cm³/mol. The molecule has 0 fully saturated rings. The van der Waals surface area contributed by atoms with E-state index < -0.39 is 0 Å². The van der Waals surface area contributed by atoms with Crippen molar-refractivity contribution >= 4 is 27.8 Å². The zero-order valence-corrected chi connectivity index (χ0v) is 8.39. The summed E-state index contributed by atoms with van der Waals surface area (Å²) in [6.45, 7) is 0. The molecule has 0 spiro atoms. The first-order chi connectivity index (χ1) is 4.84. The second kappa shape index (κ2) is 3.43. The Morgan fingerprint density at radius 3 is 3.00 bits per heavy atom. The molecule has 0 amide bonds. The number of hydrogen-bond acceptors (Lipinski definition) is 3. The fourth-order valence-corrected chi connectivity index (χ4v) is 0.958. The molecular weight excluding hydrogens is 162 g/mol. The van der Waals surface area contributed by atoms with Crippen LogP contribution < -0.4 is 0 Å². The lowest BCUT2D eigenvalue weighted by Gasteiger charge is -1.99. The lowest BCUT2D eigenvalue weighted by molar-refractivity contribution is 0.631. The average Bonchev–Trinajstić information content (AvgIpc) is 2.05. The van der Waals surface area contributed by atoms with E-state index in [0.717, 1.165) is 5.56 Å². The van der Waals surface area contributed by atoms with Crippen LogP contribution in [0, 0.1) is 0 Å². The summed E-state index contributed by atoms with van der Waals surface area (Å²) in [5.74, 6) is 0. The minimum absolute atomic E-state index is 0.541. The fraction of sp³-hybridized carbons (Fsp3) is 0. The van der Waals surface area contributed by atoms with Crippen LogP contribution in [0.3, 0.4) is 0 Å². The highest BCUT2D eigenvalue weighted by atomic mass is 32.1. The topological polar surface area (TPSA) is 22.1 Å². The standard InChI is InChI=1S/C6H7NOSSi/c9-6(8-10)5-2-1-3-7-4-5/h1-4H,10H3. The molecule has 1 aromatic heterocycles. The Balaban J connectivity index is 2.85. The van der Waals surface area contributed by atoms with Gasteiger partial charge in [0.15, 0.2) is 5.05 Å². The van der Waals surface area contributed by atoms with Crippen LogP contribution in [0.15, 0.2) is 24.5 Å². The maximum Gasteiger partial charge on any atom is 0.205 e. The van der Waals surface area contributed by atoms with Gasteiger partial charge < -0.3 is 4.43 Å². The normalized spacial score (nSPS) is 9.20. The van der Waals surface area contributed by atoms with Gasteiger partial charge in [-0.2, -0.15) is 0 Å². The van der Waals surface area contributed by atoms with Gasteiger partial charge in [0, 0.05) is 18.0 Å². The summed E-state index contributed by atoms with van der Waals surface area (Å²) < 4.78 is 4.97. The first kappa shape index (κ1) is 7.36. The van der Waals surface area contributed by atoms with E-state index in [0.29, 0.717) is 15.5 Å². The Labute approximate surface area is 67.8 Å². The summed E-state index contributed by atoms with van der Waals surface area (Å²) in [4.78, 5) is 3.90. The molecule has 1 heterocycles. The summed E-state index contributed by atoms with van der Waals surface area (Å²) >= 11 is 4.89. The molecule has 0 aliphatic heterocycles. The van der Waals surface area contributed by atoms with Gasteiger partial charge in [-0.25, -0.2) is 0 Å². The van der Waals surface area contributed by atoms with Crippen LogP contribution in [0.5, 0.6) is 0 Å². The Hall–Kier alpha value is -0.743. The van der Waals surface area contributed by atoms with Gasteiger partial charge in [-0.05, 0) is 24.4 Å². The van der Waals surface area contributed by atoms with Gasteiger partial charge >= 0.3 is 0 Å². The molecule has 0 bridgehead atoms. The number of rotatable bonds is 1. The van der Waals surface area contributed by atoms with E-state index in [2.05, 4.69) is 4.98 Å². The Kier molecular flexibility index (Phi) is 2.53. The molecule has 4 heteroatoms. The van der Waals surface area contributed by atoms with Crippen LogP contribution in [-0.2, 0) is 4.43 Å². The van der Waals surface area contributed by atoms with E-state index in [1.807, 2.05) is 12.1 Å². The third-order valence-corrected chi connectivity index (χ3v) is 2.19. The molecule has 0 atom stereocenters. The highest BCUT2D eigenvalue weighted by Gasteiger charge is 1.95. The van der Waals surface area contributed by atoms with Crippen LogP contribution in [0.25, 0.3) is 0 Å². The van der Waals surface area contributed by atoms with Crippen LogP contribution in [0.1, 0.15) is 5.56 Å². The van der Waals surface area contributed by atoms with Crippen molar-refractivity contribution in [3.05, 3.63) is 30.1 Å². The van der Waals surface area contributed by atoms with Crippen molar-refractivity contribution in [2.75, 3.05) is 0 Å². The lowest BCUT2D eigenvalue weighted by Crippen LogP contribution is -1.99. The number of nitrogens with zero attached hydrogens (tertiary/aromatic N) is 1. The first-order valence-electron chi connectivity index (χ1n) is 2.83. The van der Waals surface area contributed by atoms with Gasteiger partial charge in [-0.3, -0.25) is 4.98 Å². The Morgan fingerprint density at radius 1 is 1.70 bits per heavy atom. The molecular formula is C6H7NOSSi. The van der Waals surface area contributed by atoms with Crippen molar-refractivity contribution in [3.63, 3.8) is 0 Å². The van der Waals surface area contributed by atoms with Gasteiger partial charge in [0.05, 0.1) is 0 Å². The first-order valence-corrected chi connectivity index (χ1v) is 4.05. The maximum atomic E-state index is 4.97. The van der Waals surface area contributed by atoms with Gasteiger partial charge in [-0.1, -0.05) is 0 Å². The van der Waals surface area contributed by atoms with Crippen LogP contribution in [-0.4, -0.2) is 20.5 Å². The van der Waals surface area contributed by atoms with Crippen molar-refractivity contribution < 1.29 is 4.43 Å². The molecule has 10 heavy (non-hydrogen) atoms. The molecule has 0 saturated carbocycles. The zero-order chi connectivity index (χ0) is 7.40. The summed E-state index contributed by atoms with van der Waals surface area (Å²) in [7, 11) is 0.639. The Bertz CT molecular complexity index is 226. The fourth-order valence-electron chi connectivity index (χ4n) is 0.601. The van der Waals surface area contributed by atoms with Crippen LogP contribution in [0.4, 0.5) is 0 Å². The summed E-state index contributed by atoms with van der Waals surface area (Å²) in [5, 5.41) is 0.541. The van der Waals surface area contributed by atoms with E-state index >= 15 is 0 Å². The molecule has 52 valence electrons. The summed E-state index contributed by atoms with van der Waals surface area (Å²) in [6, 6.07) is 3.72. The molecule has 1 aromatic rings. The second-order valence-electron chi connectivity index (χ2n) is 1.73. The molecule has 2 nitrogen and oxygen atoms in total. The monoisotopic (exact) mass is 169 g/mol. The highest BCUT2D eigenvalue weighted by Crippen LogP contribution is 1.97. The Morgan fingerprint density at radius 2 is 2.50 bits per heavy atom. The van der Waals surface area contributed by atoms with Crippen molar-refractivity contribution in [2.24, 2.45) is 0 Å². The molecule has 0 radical (unpaired) electrons. The lowest BCUT2D eigenvalue weighted by atomic mass is 10.3. The SMILES string of the molecule is [SiH3]OC(=S)c1cccnc1. The van der Waals surface area contributed by atoms with E-state index in [-0.39, 0.29) is 0 Å². The average molecular weight is 169 g/mol. The molecule has 0 aliphatic carbocycles. The molecule has 1 rings (SSSR count). The predicted octanol–water partition coefficient (Wildman–Crippen LogP) is 0.0541. The number of thiocarbonyl (C=S) groups is 1. The third kappa shape index (κ3) is 1.62. The van der Waals surface area contributed by atoms with Gasteiger partial charge in [0.2, 0.25) is 10.5 Å². The minimum atomic E-state index is 0.541. The van der Waals surface area contributed by atoms with Gasteiger partial charge in [0.1, 0.15) is 0 Å². The molecule has 0 aromatic carbocycles. The van der Waals surface area contributed by atoms with E-state index in [1.54, 1.807) is 12.4 Å². The summed E-state index contributed by atoms with van der Waals surface area (Å²) in [6.07, 6.45) is 3.40. The number of aromatic nitrogens is 1. The number of pyridine rings is 1. The summed E-state index contributed by atoms with van der Waals surface area (Å²) in [5.41, 5.74) is 0.882. The zero-order valence-electron chi connectivity index (χ0n) is 5.57. The second-order valence-corrected chi connectivity index (χ2v) is 2.51. The quantitative estimate of drug-likeness (QED) is 0.438. The third-order valence-electron chi connectivity index (χ3n) is 1.08. The smallest absolute Gasteiger partial charge is 0.205 e. The van der Waals surface area contributed by atoms with E-state index in [4.69, 9.17) is 16.6 Å². The van der Waals surface area contributed by atoms with Gasteiger partial charge in [0.25, 0.3) is 0 Å². The van der Waals surface area contributed by atoms with Gasteiger partial charge in [-0.15, -0.1) is 0 Å². The van der Waals surface area contributed by atoms with Crippen LogP contribution in [0.2, 0.25) is 0 Å². The molecule has 0 N–H and O–H groups in total. The maximum absolute atomic E-state index is 4.97. The molecule has 0 aliphatic rings. The van der Waals surface area contributed by atoms with Crippen molar-refractivity contribution in [1.29, 1.82) is 0 Å². The highest BCUT2D eigenvalue weighted by molar-refractivity contribution is 7.80. The number of hydrogen-bond donors (Lipinski definition) is 0. The minimum Gasteiger partial charge on any atom is -0.545 e. The van der Waals surface area contributed by atoms with Crippen molar-refractivity contribution in [3.8, 4) is 0 Å². The van der Waals surface area contributed by atoms with Crippen molar-refractivity contribution in [1.82, 2.24) is 4.98 Å². The van der Waals surface area contributed by atoms with E-state index in [1.165, 1.54) is 0 Å². The largest absolute Gasteiger partial charge is 0.545 e. The van der Waals surface area contributed by atoms with E-state index in [9.17, 15) is 0 Å². The van der Waals surface area contributed by atoms with Crippen LogP contribution >= 0.6 is 12.2 Å². The molecule has 0 saturated heterocycles. The van der Waals surface area contributed by atoms with Crippen molar-refractivity contribution in [2.45, 2.75) is 0 Å². The molecule has 0 unspecified atom stereocenters.